The third kappa shape index (κ3) is 3.83. The number of carbonyl (C=O) groups is 2. The third-order valence-electron chi connectivity index (χ3n) is 2.43. The van der Waals surface area contributed by atoms with Crippen molar-refractivity contribution in [1.82, 2.24) is 10.2 Å². The molecule has 1 heterocycles. The first kappa shape index (κ1) is 13.7. The van der Waals surface area contributed by atoms with Crippen LogP contribution in [0.3, 0.4) is 0 Å². The fraction of sp³-hybridized carbons (Fsp3) is 0.455. The van der Waals surface area contributed by atoms with E-state index in [0.717, 1.165) is 6.42 Å². The fourth-order valence-corrected chi connectivity index (χ4v) is 2.11. The lowest BCUT2D eigenvalue weighted by atomic mass is 10.2. The molecule has 1 amide bonds. The van der Waals surface area contributed by atoms with Gasteiger partial charge in [-0.2, -0.15) is 0 Å². The summed E-state index contributed by atoms with van der Waals surface area (Å²) in [6.45, 7) is 0.519. The summed E-state index contributed by atoms with van der Waals surface area (Å²) in [4.78, 5) is 25.2. The number of rotatable bonds is 6. The second-order valence-corrected chi connectivity index (χ2v) is 4.68. The number of thiophene rings is 1. The molecule has 1 rings (SSSR count). The highest BCUT2D eigenvalue weighted by Gasteiger charge is 2.26. The van der Waals surface area contributed by atoms with Crippen LogP contribution in [0.25, 0.3) is 0 Å². The number of carboxylic acids is 1. The lowest BCUT2D eigenvalue weighted by Gasteiger charge is -2.20. The summed E-state index contributed by atoms with van der Waals surface area (Å²) < 4.78 is 0. The first-order valence-corrected chi connectivity index (χ1v) is 6.11. The predicted molar refractivity (Wildman–Crippen MR) is 66.1 cm³/mol. The molecule has 1 unspecified atom stereocenters. The summed E-state index contributed by atoms with van der Waals surface area (Å²) in [7, 11) is 3.08. The average molecular weight is 256 g/mol. The van der Waals surface area contributed by atoms with Crippen LogP contribution in [0, 0.1) is 0 Å². The SMILES string of the molecule is CNC(C(=O)O)C(=O)N(C)CCc1cccs1. The molecule has 0 fully saturated rings. The molecule has 0 radical (unpaired) electrons. The highest BCUT2D eigenvalue weighted by atomic mass is 32.1. The molecule has 0 aliphatic heterocycles. The maximum absolute atomic E-state index is 11.8. The number of carbonyl (C=O) groups excluding carboxylic acids is 1. The zero-order valence-electron chi connectivity index (χ0n) is 9.84. The molecule has 0 saturated heterocycles. The van der Waals surface area contributed by atoms with Crippen molar-refractivity contribution in [1.29, 1.82) is 0 Å². The molecule has 0 bridgehead atoms. The summed E-state index contributed by atoms with van der Waals surface area (Å²) >= 11 is 1.63. The van der Waals surface area contributed by atoms with E-state index >= 15 is 0 Å². The number of nitrogens with zero attached hydrogens (tertiary/aromatic N) is 1. The van der Waals surface area contributed by atoms with E-state index in [1.165, 1.54) is 16.8 Å². The summed E-state index contributed by atoms with van der Waals surface area (Å²) in [5, 5.41) is 13.3. The van der Waals surface area contributed by atoms with Gasteiger partial charge in [0.25, 0.3) is 5.91 Å². The standard InChI is InChI=1S/C11H16N2O3S/c1-12-9(11(15)16)10(14)13(2)6-5-8-4-3-7-17-8/h3-4,7,9,12H,5-6H2,1-2H3,(H,15,16). The Hall–Kier alpha value is -1.40. The number of amides is 1. The summed E-state index contributed by atoms with van der Waals surface area (Å²) in [6.07, 6.45) is 0.746. The monoisotopic (exact) mass is 256 g/mol. The molecule has 0 aliphatic carbocycles. The Morgan fingerprint density at radius 2 is 2.29 bits per heavy atom. The quantitative estimate of drug-likeness (QED) is 0.724. The normalized spacial score (nSPS) is 12.1. The molecule has 0 spiro atoms. The fourth-order valence-electron chi connectivity index (χ4n) is 1.42. The number of hydrogen-bond acceptors (Lipinski definition) is 4. The lowest BCUT2D eigenvalue weighted by Crippen LogP contribution is -2.48. The van der Waals surface area contributed by atoms with Crippen LogP contribution < -0.4 is 5.32 Å². The van der Waals surface area contributed by atoms with Gasteiger partial charge in [-0.05, 0) is 24.9 Å². The first-order chi connectivity index (χ1) is 8.06. The van der Waals surface area contributed by atoms with Crippen molar-refractivity contribution in [2.24, 2.45) is 0 Å². The molecule has 2 N–H and O–H groups in total. The average Bonchev–Trinajstić information content (AvgIpc) is 2.78. The maximum Gasteiger partial charge on any atom is 0.330 e. The van der Waals surface area contributed by atoms with Gasteiger partial charge in [-0.1, -0.05) is 6.07 Å². The Morgan fingerprint density at radius 3 is 2.76 bits per heavy atom. The summed E-state index contributed by atoms with van der Waals surface area (Å²) in [5.74, 6) is -1.57. The van der Waals surface area contributed by atoms with Crippen LogP contribution in [0.15, 0.2) is 17.5 Å². The Balaban J connectivity index is 2.49. The van der Waals surface area contributed by atoms with Crippen molar-refractivity contribution in [2.75, 3.05) is 20.6 Å². The molecule has 17 heavy (non-hydrogen) atoms. The van der Waals surface area contributed by atoms with Gasteiger partial charge in [-0.25, -0.2) is 4.79 Å². The smallest absolute Gasteiger partial charge is 0.330 e. The number of aliphatic carboxylic acids is 1. The third-order valence-corrected chi connectivity index (χ3v) is 3.37. The first-order valence-electron chi connectivity index (χ1n) is 5.23. The van der Waals surface area contributed by atoms with Crippen molar-refractivity contribution in [3.8, 4) is 0 Å². The molecule has 1 aromatic rings. The van der Waals surface area contributed by atoms with Crippen LogP contribution >= 0.6 is 11.3 Å². The van der Waals surface area contributed by atoms with Gasteiger partial charge in [-0.15, -0.1) is 11.3 Å². The zero-order chi connectivity index (χ0) is 12.8. The largest absolute Gasteiger partial charge is 0.480 e. The van der Waals surface area contributed by atoms with Gasteiger partial charge >= 0.3 is 5.97 Å². The van der Waals surface area contributed by atoms with Crippen LogP contribution in [0.2, 0.25) is 0 Å². The van der Waals surface area contributed by atoms with Crippen LogP contribution in [0.4, 0.5) is 0 Å². The summed E-state index contributed by atoms with van der Waals surface area (Å²) in [5.41, 5.74) is 0. The molecule has 5 nitrogen and oxygen atoms in total. The Bertz CT molecular complexity index is 378. The van der Waals surface area contributed by atoms with E-state index in [4.69, 9.17) is 5.11 Å². The lowest BCUT2D eigenvalue weighted by molar-refractivity contribution is -0.147. The van der Waals surface area contributed by atoms with E-state index in [2.05, 4.69) is 5.32 Å². The minimum atomic E-state index is -1.16. The van der Waals surface area contributed by atoms with Crippen LogP contribution in [-0.2, 0) is 16.0 Å². The highest BCUT2D eigenvalue weighted by Crippen LogP contribution is 2.09. The number of likely N-dealkylation sites (N-methyl/N-ethyl adjacent to an activating group) is 2. The maximum atomic E-state index is 11.8. The van der Waals surface area contributed by atoms with Crippen molar-refractivity contribution in [3.05, 3.63) is 22.4 Å². The van der Waals surface area contributed by atoms with Crippen LogP contribution in [0.5, 0.6) is 0 Å². The van der Waals surface area contributed by atoms with Crippen molar-refractivity contribution < 1.29 is 14.7 Å². The Labute approximate surface area is 104 Å². The van der Waals surface area contributed by atoms with Gasteiger partial charge in [-0.3, -0.25) is 10.1 Å². The van der Waals surface area contributed by atoms with Gasteiger partial charge in [0.15, 0.2) is 6.04 Å². The van der Waals surface area contributed by atoms with Crippen molar-refractivity contribution >= 4 is 23.2 Å². The van der Waals surface area contributed by atoms with Crippen LogP contribution in [-0.4, -0.2) is 48.6 Å². The van der Waals surface area contributed by atoms with Crippen molar-refractivity contribution in [2.45, 2.75) is 12.5 Å². The molecule has 94 valence electrons. The second-order valence-electron chi connectivity index (χ2n) is 3.65. The van der Waals surface area contributed by atoms with E-state index < -0.39 is 17.9 Å². The molecule has 6 heteroatoms. The van der Waals surface area contributed by atoms with E-state index in [-0.39, 0.29) is 0 Å². The minimum Gasteiger partial charge on any atom is -0.480 e. The van der Waals surface area contributed by atoms with Crippen molar-refractivity contribution in [3.63, 3.8) is 0 Å². The molecule has 1 aromatic heterocycles. The molecular formula is C11H16N2O3S. The minimum absolute atomic E-state index is 0.420. The van der Waals surface area contributed by atoms with E-state index in [9.17, 15) is 9.59 Å². The molecule has 1 atom stereocenters. The van der Waals surface area contributed by atoms with Gasteiger partial charge < -0.3 is 10.0 Å². The molecule has 0 aromatic carbocycles. The molecular weight excluding hydrogens is 240 g/mol. The zero-order valence-corrected chi connectivity index (χ0v) is 10.7. The molecule has 0 aliphatic rings. The van der Waals surface area contributed by atoms with E-state index in [0.29, 0.717) is 6.54 Å². The van der Waals surface area contributed by atoms with E-state index in [1.54, 1.807) is 18.4 Å². The van der Waals surface area contributed by atoms with Gasteiger partial charge in [0, 0.05) is 18.5 Å². The van der Waals surface area contributed by atoms with E-state index in [1.807, 2.05) is 17.5 Å². The molecule has 0 saturated carbocycles. The van der Waals surface area contributed by atoms with Gasteiger partial charge in [0.05, 0.1) is 0 Å². The van der Waals surface area contributed by atoms with Gasteiger partial charge in [0.2, 0.25) is 0 Å². The highest BCUT2D eigenvalue weighted by molar-refractivity contribution is 7.09. The Kier molecular flexibility index (Phi) is 5.11. The second kappa shape index (κ2) is 6.36. The summed E-state index contributed by atoms with van der Waals surface area (Å²) in [6, 6.07) is 2.79. The number of nitrogens with one attached hydrogen (secondary N) is 1. The van der Waals surface area contributed by atoms with Gasteiger partial charge in [0.1, 0.15) is 0 Å². The Morgan fingerprint density at radius 1 is 1.59 bits per heavy atom. The van der Waals surface area contributed by atoms with Crippen LogP contribution in [0.1, 0.15) is 4.88 Å². The predicted octanol–water partition coefficient (Wildman–Crippen LogP) is 0.422. The number of carboxylic acid groups (broad SMARTS) is 1. The number of hydrogen-bond donors (Lipinski definition) is 2. The topological polar surface area (TPSA) is 69.6 Å².